The Balaban J connectivity index is 1.47. The van der Waals surface area contributed by atoms with E-state index in [1.165, 1.54) is 0 Å². The third kappa shape index (κ3) is 5.19. The molecule has 0 bridgehead atoms. The number of aromatic nitrogens is 1. The van der Waals surface area contributed by atoms with Gasteiger partial charge in [0.1, 0.15) is 5.82 Å². The van der Waals surface area contributed by atoms with Crippen molar-refractivity contribution in [3.05, 3.63) is 23.9 Å². The number of nitrogens with zero attached hydrogens (tertiary/aromatic N) is 4. The zero-order chi connectivity index (χ0) is 19.4. The maximum absolute atomic E-state index is 12.4. The summed E-state index contributed by atoms with van der Waals surface area (Å²) in [5.74, 6) is 1.96. The highest BCUT2D eigenvalue weighted by Crippen LogP contribution is 2.17. The van der Waals surface area contributed by atoms with Crippen molar-refractivity contribution in [2.45, 2.75) is 20.3 Å². The minimum Gasteiger partial charge on any atom is -0.352 e. The first-order valence-electron chi connectivity index (χ1n) is 9.88. The van der Waals surface area contributed by atoms with Crippen LogP contribution in [0.4, 0.5) is 5.82 Å². The summed E-state index contributed by atoms with van der Waals surface area (Å²) in [6.45, 7) is 10.3. The van der Waals surface area contributed by atoms with Gasteiger partial charge in [0.2, 0.25) is 5.91 Å². The van der Waals surface area contributed by atoms with Crippen LogP contribution in [0.1, 0.15) is 30.6 Å². The van der Waals surface area contributed by atoms with Crippen LogP contribution in [0.25, 0.3) is 0 Å². The van der Waals surface area contributed by atoms with Crippen LogP contribution in [0.2, 0.25) is 0 Å². The van der Waals surface area contributed by atoms with Crippen LogP contribution in [0.5, 0.6) is 0 Å². The Morgan fingerprint density at radius 2 is 2.11 bits per heavy atom. The summed E-state index contributed by atoms with van der Waals surface area (Å²) in [7, 11) is 1.81. The number of likely N-dealkylation sites (N-methyl/N-ethyl adjacent to an activating group) is 1. The summed E-state index contributed by atoms with van der Waals surface area (Å²) in [4.78, 5) is 34.8. The second-order valence-corrected chi connectivity index (χ2v) is 8.16. The van der Waals surface area contributed by atoms with Crippen molar-refractivity contribution >= 4 is 17.6 Å². The van der Waals surface area contributed by atoms with Crippen molar-refractivity contribution in [3.63, 3.8) is 0 Å². The number of likely N-dealkylation sites (tertiary alicyclic amines) is 1. The fourth-order valence-corrected chi connectivity index (χ4v) is 3.76. The van der Waals surface area contributed by atoms with Gasteiger partial charge in [-0.25, -0.2) is 4.98 Å². The number of piperazine rings is 1. The average molecular weight is 374 g/mol. The summed E-state index contributed by atoms with van der Waals surface area (Å²) in [5, 5.41) is 3.05. The van der Waals surface area contributed by atoms with E-state index in [2.05, 4.69) is 29.0 Å². The molecule has 3 rings (SSSR count). The molecule has 2 aliphatic rings. The lowest BCUT2D eigenvalue weighted by Crippen LogP contribution is -2.48. The Kier molecular flexibility index (Phi) is 6.31. The van der Waals surface area contributed by atoms with Gasteiger partial charge in [-0.2, -0.15) is 0 Å². The summed E-state index contributed by atoms with van der Waals surface area (Å²) in [6, 6.07) is 3.62. The van der Waals surface area contributed by atoms with Crippen LogP contribution in [0, 0.1) is 11.8 Å². The van der Waals surface area contributed by atoms with Gasteiger partial charge in [-0.05, 0) is 36.9 Å². The van der Waals surface area contributed by atoms with Crippen molar-refractivity contribution in [1.29, 1.82) is 0 Å². The van der Waals surface area contributed by atoms with Gasteiger partial charge in [0, 0.05) is 46.0 Å². The Labute approximate surface area is 161 Å². The van der Waals surface area contributed by atoms with Gasteiger partial charge in [-0.3, -0.25) is 9.59 Å². The zero-order valence-corrected chi connectivity index (χ0v) is 16.6. The second kappa shape index (κ2) is 8.69. The lowest BCUT2D eigenvalue weighted by Gasteiger charge is -2.32. The Morgan fingerprint density at radius 3 is 2.78 bits per heavy atom. The predicted octanol–water partition coefficient (Wildman–Crippen LogP) is 1.07. The van der Waals surface area contributed by atoms with Crippen molar-refractivity contribution in [1.82, 2.24) is 20.1 Å². The number of carbonyl (C=O) groups excluding carboxylic acids is 2. The highest BCUT2D eigenvalue weighted by molar-refractivity contribution is 5.94. The van der Waals surface area contributed by atoms with Crippen LogP contribution in [-0.2, 0) is 4.79 Å². The molecule has 0 radical (unpaired) electrons. The molecule has 1 atom stereocenters. The normalized spacial score (nSPS) is 21.2. The molecule has 1 aromatic heterocycles. The van der Waals surface area contributed by atoms with Crippen molar-refractivity contribution in [2.24, 2.45) is 11.8 Å². The minimum atomic E-state index is -0.0780. The molecule has 2 aliphatic heterocycles. The lowest BCUT2D eigenvalue weighted by atomic mass is 10.1. The molecule has 7 heteroatoms. The van der Waals surface area contributed by atoms with Gasteiger partial charge in [0.05, 0.1) is 12.1 Å². The molecule has 0 spiro atoms. The molecular weight excluding hydrogens is 342 g/mol. The number of amides is 2. The highest BCUT2D eigenvalue weighted by atomic mass is 16.2. The van der Waals surface area contributed by atoms with E-state index in [0.29, 0.717) is 37.0 Å². The fourth-order valence-electron chi connectivity index (χ4n) is 3.76. The van der Waals surface area contributed by atoms with Crippen LogP contribution < -0.4 is 10.2 Å². The number of rotatable bonds is 6. The van der Waals surface area contributed by atoms with Gasteiger partial charge in [0.25, 0.3) is 5.91 Å². The first kappa shape index (κ1) is 19.6. The first-order chi connectivity index (χ1) is 12.9. The molecule has 2 fully saturated rings. The molecule has 1 aromatic rings. The maximum atomic E-state index is 12.4. The van der Waals surface area contributed by atoms with Gasteiger partial charge < -0.3 is 20.0 Å². The molecule has 0 aromatic carbocycles. The number of hydrogen-bond acceptors (Lipinski definition) is 5. The van der Waals surface area contributed by atoms with Crippen molar-refractivity contribution in [2.75, 3.05) is 57.8 Å². The van der Waals surface area contributed by atoms with E-state index in [4.69, 9.17) is 0 Å². The number of carbonyl (C=O) groups is 2. The van der Waals surface area contributed by atoms with Gasteiger partial charge >= 0.3 is 0 Å². The topological polar surface area (TPSA) is 68.8 Å². The van der Waals surface area contributed by atoms with Crippen LogP contribution in [-0.4, -0.2) is 79.5 Å². The molecule has 2 saturated heterocycles. The largest absolute Gasteiger partial charge is 0.352 e. The predicted molar refractivity (Wildman–Crippen MR) is 106 cm³/mol. The number of nitrogens with one attached hydrogen (secondary N) is 1. The Morgan fingerprint density at radius 1 is 1.30 bits per heavy atom. The van der Waals surface area contributed by atoms with Crippen LogP contribution >= 0.6 is 0 Å². The Bertz CT molecular complexity index is 661. The summed E-state index contributed by atoms with van der Waals surface area (Å²) in [5.41, 5.74) is 0.566. The van der Waals surface area contributed by atoms with Crippen LogP contribution in [0.15, 0.2) is 18.3 Å². The lowest BCUT2D eigenvalue weighted by molar-refractivity contribution is -0.129. The third-order valence-electron chi connectivity index (χ3n) is 5.34. The number of anilines is 1. The molecule has 7 nitrogen and oxygen atoms in total. The molecule has 2 amide bonds. The van der Waals surface area contributed by atoms with Crippen molar-refractivity contribution < 1.29 is 9.59 Å². The number of hydrogen-bond donors (Lipinski definition) is 1. The monoisotopic (exact) mass is 373 g/mol. The standard InChI is InChI=1S/C20H31N5O2/c1-15(2)12-24-7-6-16(13-24)10-22-20(27)17-4-5-18(21-11-17)25-9-8-23(3)19(26)14-25/h4-5,11,15-16H,6-10,12-14H2,1-3H3,(H,22,27). The molecule has 1 N–H and O–H groups in total. The molecule has 3 heterocycles. The molecule has 27 heavy (non-hydrogen) atoms. The summed E-state index contributed by atoms with van der Waals surface area (Å²) in [6.07, 6.45) is 2.74. The van der Waals surface area contributed by atoms with Crippen LogP contribution in [0.3, 0.4) is 0 Å². The van der Waals surface area contributed by atoms with Crippen molar-refractivity contribution in [3.8, 4) is 0 Å². The summed E-state index contributed by atoms with van der Waals surface area (Å²) >= 11 is 0. The van der Waals surface area contributed by atoms with E-state index in [-0.39, 0.29) is 11.8 Å². The van der Waals surface area contributed by atoms with Gasteiger partial charge in [-0.15, -0.1) is 0 Å². The van der Waals surface area contributed by atoms with E-state index < -0.39 is 0 Å². The SMILES string of the molecule is CC(C)CN1CCC(CNC(=O)c2ccc(N3CCN(C)C(=O)C3)nc2)C1. The van der Waals surface area contributed by atoms with E-state index in [0.717, 1.165) is 38.4 Å². The average Bonchev–Trinajstić information content (AvgIpc) is 3.09. The maximum Gasteiger partial charge on any atom is 0.252 e. The van der Waals surface area contributed by atoms with E-state index in [9.17, 15) is 9.59 Å². The number of pyridine rings is 1. The fraction of sp³-hybridized carbons (Fsp3) is 0.650. The van der Waals surface area contributed by atoms with Gasteiger partial charge in [-0.1, -0.05) is 13.8 Å². The first-order valence-corrected chi connectivity index (χ1v) is 9.88. The highest BCUT2D eigenvalue weighted by Gasteiger charge is 2.24. The zero-order valence-electron chi connectivity index (χ0n) is 16.6. The molecule has 1 unspecified atom stereocenters. The van der Waals surface area contributed by atoms with E-state index in [1.807, 2.05) is 18.0 Å². The van der Waals surface area contributed by atoms with E-state index >= 15 is 0 Å². The molecule has 0 saturated carbocycles. The Hall–Kier alpha value is -2.15. The minimum absolute atomic E-state index is 0.0780. The van der Waals surface area contributed by atoms with Gasteiger partial charge in [0.15, 0.2) is 0 Å². The molecular formula is C20H31N5O2. The summed E-state index contributed by atoms with van der Waals surface area (Å²) < 4.78 is 0. The van der Waals surface area contributed by atoms with E-state index in [1.54, 1.807) is 17.2 Å². The smallest absolute Gasteiger partial charge is 0.252 e. The quantitative estimate of drug-likeness (QED) is 0.808. The second-order valence-electron chi connectivity index (χ2n) is 8.16. The third-order valence-corrected chi connectivity index (χ3v) is 5.34. The molecule has 0 aliphatic carbocycles. The molecule has 148 valence electrons.